The highest BCUT2D eigenvalue weighted by atomic mass is 32.2. The Hall–Kier alpha value is -1.34. The zero-order chi connectivity index (χ0) is 14.4. The van der Waals surface area contributed by atoms with Gasteiger partial charge in [0.25, 0.3) is 0 Å². The molecule has 1 N–H and O–H groups in total. The third-order valence-corrected chi connectivity index (χ3v) is 3.89. The van der Waals surface area contributed by atoms with Crippen molar-refractivity contribution in [3.8, 4) is 0 Å². The molecule has 0 aliphatic heterocycles. The van der Waals surface area contributed by atoms with Crippen molar-refractivity contribution in [3.05, 3.63) is 22.7 Å². The molecule has 20 heavy (non-hydrogen) atoms. The molecule has 0 aliphatic carbocycles. The summed E-state index contributed by atoms with van der Waals surface area (Å²) < 4.78 is 0. The van der Waals surface area contributed by atoms with Gasteiger partial charge in [0.1, 0.15) is 11.6 Å². The Morgan fingerprint density at radius 1 is 1.40 bits per heavy atom. The average Bonchev–Trinajstić information content (AvgIpc) is 2.97. The van der Waals surface area contributed by atoms with Crippen LogP contribution in [-0.4, -0.2) is 34.8 Å². The van der Waals surface area contributed by atoms with Gasteiger partial charge in [0.05, 0.1) is 17.7 Å². The lowest BCUT2D eigenvalue weighted by molar-refractivity contribution is 0.839. The topological polar surface area (TPSA) is 53.9 Å². The van der Waals surface area contributed by atoms with Crippen LogP contribution in [0.2, 0.25) is 0 Å². The molecule has 0 atom stereocenters. The van der Waals surface area contributed by atoms with Gasteiger partial charge in [-0.05, 0) is 12.7 Å². The number of hydrogen-bond acceptors (Lipinski definition) is 7. The molecule has 0 radical (unpaired) electrons. The maximum atomic E-state index is 4.55. The van der Waals surface area contributed by atoms with Crippen LogP contribution in [0.1, 0.15) is 19.0 Å². The molecule has 5 nitrogen and oxygen atoms in total. The fourth-order valence-corrected chi connectivity index (χ4v) is 2.61. The van der Waals surface area contributed by atoms with Gasteiger partial charge < -0.3 is 10.2 Å². The van der Waals surface area contributed by atoms with E-state index < -0.39 is 0 Å². The molecule has 0 spiro atoms. The van der Waals surface area contributed by atoms with E-state index in [4.69, 9.17) is 0 Å². The third kappa shape index (κ3) is 4.08. The molecule has 0 fully saturated rings. The molecule has 0 aliphatic rings. The molecule has 2 aromatic heterocycles. The minimum atomic E-state index is 0.752. The lowest BCUT2D eigenvalue weighted by Gasteiger charge is -2.18. The van der Waals surface area contributed by atoms with E-state index in [1.807, 2.05) is 24.9 Å². The first-order valence-corrected chi connectivity index (χ1v) is 8.64. The Balaban J connectivity index is 2.16. The molecule has 0 unspecified atom stereocenters. The van der Waals surface area contributed by atoms with Crippen molar-refractivity contribution < 1.29 is 0 Å². The van der Waals surface area contributed by atoms with Crippen LogP contribution in [0.4, 0.5) is 11.6 Å². The van der Waals surface area contributed by atoms with E-state index >= 15 is 0 Å². The van der Waals surface area contributed by atoms with Gasteiger partial charge >= 0.3 is 0 Å². The zero-order valence-electron chi connectivity index (χ0n) is 12.0. The Bertz CT molecular complexity index is 530. The van der Waals surface area contributed by atoms with E-state index in [9.17, 15) is 0 Å². The summed E-state index contributed by atoms with van der Waals surface area (Å²) in [6.07, 6.45) is 3.06. The van der Waals surface area contributed by atoms with Gasteiger partial charge in [-0.15, -0.1) is 11.3 Å². The lowest BCUT2D eigenvalue weighted by Crippen LogP contribution is -2.19. The Kier molecular flexibility index (Phi) is 5.60. The van der Waals surface area contributed by atoms with Crippen molar-refractivity contribution >= 4 is 34.7 Å². The predicted octanol–water partition coefficient (Wildman–Crippen LogP) is 3.11. The second kappa shape index (κ2) is 7.44. The van der Waals surface area contributed by atoms with Crippen molar-refractivity contribution in [2.75, 3.05) is 30.1 Å². The first-order valence-electron chi connectivity index (χ1n) is 6.48. The number of thiazole rings is 1. The number of thioether (sulfide) groups is 1. The van der Waals surface area contributed by atoms with E-state index in [0.29, 0.717) is 0 Å². The highest BCUT2D eigenvalue weighted by Crippen LogP contribution is 2.21. The van der Waals surface area contributed by atoms with Crippen LogP contribution in [0.5, 0.6) is 0 Å². The van der Waals surface area contributed by atoms with Crippen LogP contribution in [0, 0.1) is 0 Å². The SMILES string of the molecule is CCCNc1cc(N(C)Cc2cscn2)nc(SC)n1. The molecule has 2 heterocycles. The molecule has 108 valence electrons. The van der Waals surface area contributed by atoms with E-state index in [2.05, 4.69) is 37.5 Å². The van der Waals surface area contributed by atoms with Gasteiger partial charge in [-0.25, -0.2) is 15.0 Å². The summed E-state index contributed by atoms with van der Waals surface area (Å²) in [5, 5.41) is 6.16. The first-order chi connectivity index (χ1) is 9.72. The Morgan fingerprint density at radius 3 is 2.90 bits per heavy atom. The first kappa shape index (κ1) is 15.1. The zero-order valence-corrected chi connectivity index (χ0v) is 13.6. The molecular weight excluding hydrogens is 290 g/mol. The van der Waals surface area contributed by atoms with Crippen LogP contribution >= 0.6 is 23.1 Å². The fraction of sp³-hybridized carbons (Fsp3) is 0.462. The summed E-state index contributed by atoms with van der Waals surface area (Å²) in [5.41, 5.74) is 2.91. The minimum Gasteiger partial charge on any atom is -0.370 e. The Labute approximate surface area is 127 Å². The molecule has 0 bridgehead atoms. The monoisotopic (exact) mass is 309 g/mol. The number of hydrogen-bond donors (Lipinski definition) is 1. The number of aromatic nitrogens is 3. The van der Waals surface area contributed by atoms with Crippen LogP contribution in [0.25, 0.3) is 0 Å². The number of nitrogens with one attached hydrogen (secondary N) is 1. The van der Waals surface area contributed by atoms with E-state index in [-0.39, 0.29) is 0 Å². The second-order valence-corrected chi connectivity index (χ2v) is 5.85. The summed E-state index contributed by atoms with van der Waals surface area (Å²) in [7, 11) is 2.02. The van der Waals surface area contributed by atoms with Crippen LogP contribution in [0.3, 0.4) is 0 Å². The molecular formula is C13H19N5S2. The molecule has 0 amide bonds. The van der Waals surface area contributed by atoms with Crippen molar-refractivity contribution in [3.63, 3.8) is 0 Å². The Morgan fingerprint density at radius 2 is 2.25 bits per heavy atom. The minimum absolute atomic E-state index is 0.752. The predicted molar refractivity (Wildman–Crippen MR) is 86.8 cm³/mol. The normalized spacial score (nSPS) is 10.6. The van der Waals surface area contributed by atoms with Crippen molar-refractivity contribution in [2.24, 2.45) is 0 Å². The smallest absolute Gasteiger partial charge is 0.191 e. The van der Waals surface area contributed by atoms with E-state index in [1.165, 1.54) is 0 Å². The maximum absolute atomic E-state index is 4.55. The van der Waals surface area contributed by atoms with Gasteiger partial charge in [0, 0.05) is 25.0 Å². The summed E-state index contributed by atoms with van der Waals surface area (Å²) in [6.45, 7) is 3.81. The van der Waals surface area contributed by atoms with Crippen LogP contribution < -0.4 is 10.2 Å². The van der Waals surface area contributed by atoms with Gasteiger partial charge in [-0.1, -0.05) is 18.7 Å². The average molecular weight is 309 g/mol. The quantitative estimate of drug-likeness (QED) is 0.626. The molecule has 0 saturated carbocycles. The summed E-state index contributed by atoms with van der Waals surface area (Å²) in [5.74, 6) is 1.79. The maximum Gasteiger partial charge on any atom is 0.191 e. The van der Waals surface area contributed by atoms with Gasteiger partial charge in [0.15, 0.2) is 5.16 Å². The molecule has 2 aromatic rings. The van der Waals surface area contributed by atoms with Crippen LogP contribution in [-0.2, 0) is 6.54 Å². The van der Waals surface area contributed by atoms with E-state index in [0.717, 1.165) is 42.0 Å². The van der Waals surface area contributed by atoms with Gasteiger partial charge in [-0.2, -0.15) is 0 Å². The van der Waals surface area contributed by atoms with Gasteiger partial charge in [0.2, 0.25) is 0 Å². The fourth-order valence-electron chi connectivity index (χ4n) is 1.68. The van der Waals surface area contributed by atoms with Gasteiger partial charge in [-0.3, -0.25) is 0 Å². The summed E-state index contributed by atoms with van der Waals surface area (Å²) in [6, 6.07) is 1.99. The van der Waals surface area contributed by atoms with E-state index in [1.54, 1.807) is 23.1 Å². The highest BCUT2D eigenvalue weighted by Gasteiger charge is 2.09. The van der Waals surface area contributed by atoms with Crippen molar-refractivity contribution in [1.82, 2.24) is 15.0 Å². The molecule has 2 rings (SSSR count). The number of anilines is 2. The molecule has 7 heteroatoms. The largest absolute Gasteiger partial charge is 0.370 e. The third-order valence-electron chi connectivity index (χ3n) is 2.70. The second-order valence-electron chi connectivity index (χ2n) is 4.36. The number of rotatable bonds is 7. The van der Waals surface area contributed by atoms with Crippen molar-refractivity contribution in [2.45, 2.75) is 25.0 Å². The lowest BCUT2D eigenvalue weighted by atomic mass is 10.4. The summed E-state index contributed by atoms with van der Waals surface area (Å²) in [4.78, 5) is 15.4. The number of nitrogens with zero attached hydrogens (tertiary/aromatic N) is 4. The molecule has 0 aromatic carbocycles. The van der Waals surface area contributed by atoms with Crippen molar-refractivity contribution in [1.29, 1.82) is 0 Å². The standard InChI is InChI=1S/C13H19N5S2/c1-4-5-14-11-6-12(17-13(16-11)19-3)18(2)7-10-8-20-9-15-10/h6,8-9H,4-5,7H2,1-3H3,(H,14,16,17). The highest BCUT2D eigenvalue weighted by molar-refractivity contribution is 7.98. The molecule has 0 saturated heterocycles. The summed E-state index contributed by atoms with van der Waals surface area (Å²) >= 11 is 3.17. The van der Waals surface area contributed by atoms with Crippen LogP contribution in [0.15, 0.2) is 22.1 Å².